The van der Waals surface area contributed by atoms with Crippen molar-refractivity contribution in [3.8, 4) is 0 Å². The highest BCUT2D eigenvalue weighted by molar-refractivity contribution is 5.73. The minimum atomic E-state index is -0.772. The molecule has 0 saturated carbocycles. The van der Waals surface area contributed by atoms with Crippen molar-refractivity contribution in [2.75, 3.05) is 13.2 Å². The largest absolute Gasteiger partial charge is 0.394 e. The van der Waals surface area contributed by atoms with Gasteiger partial charge in [-0.1, -0.05) is 0 Å². The van der Waals surface area contributed by atoms with E-state index in [1.54, 1.807) is 6.92 Å². The van der Waals surface area contributed by atoms with Crippen molar-refractivity contribution in [3.05, 3.63) is 0 Å². The molecule has 0 bridgehead atoms. The minimum absolute atomic E-state index is 0.173. The van der Waals surface area contributed by atoms with Gasteiger partial charge in [0.25, 0.3) is 0 Å². The lowest BCUT2D eigenvalue weighted by atomic mass is 10.0. The molecule has 2 unspecified atom stereocenters. The summed E-state index contributed by atoms with van der Waals surface area (Å²) >= 11 is 0. The molecule has 94 valence electrons. The number of hydrogen-bond acceptors (Lipinski definition) is 5. The Labute approximate surface area is 94.5 Å². The standard InChI is InChI=1S/C10H19NO5/c1-3-15-10-9(11-6(2)13)8(14)4-7(5-12)16-10/h7-10,12,14H,3-5H2,1-2H3,(H,11,13)/t7?,8?,9-,10+/m0/s1. The molecule has 6 heteroatoms. The molecular weight excluding hydrogens is 214 g/mol. The summed E-state index contributed by atoms with van der Waals surface area (Å²) in [5.41, 5.74) is 0. The lowest BCUT2D eigenvalue weighted by Gasteiger charge is -2.38. The van der Waals surface area contributed by atoms with E-state index in [1.165, 1.54) is 6.92 Å². The molecule has 0 aromatic heterocycles. The fourth-order valence-corrected chi connectivity index (χ4v) is 1.75. The fraction of sp³-hybridized carbons (Fsp3) is 0.900. The number of rotatable bonds is 4. The second kappa shape index (κ2) is 6.15. The van der Waals surface area contributed by atoms with E-state index >= 15 is 0 Å². The lowest BCUT2D eigenvalue weighted by Crippen LogP contribution is -2.58. The summed E-state index contributed by atoms with van der Waals surface area (Å²) < 4.78 is 10.7. The Morgan fingerprint density at radius 3 is 2.81 bits per heavy atom. The average molecular weight is 233 g/mol. The number of hydrogen-bond donors (Lipinski definition) is 3. The maximum Gasteiger partial charge on any atom is 0.217 e. The normalized spacial score (nSPS) is 34.8. The topological polar surface area (TPSA) is 88.0 Å². The van der Waals surface area contributed by atoms with E-state index in [4.69, 9.17) is 14.6 Å². The number of nitrogens with one attached hydrogen (secondary N) is 1. The Hall–Kier alpha value is -0.690. The summed E-state index contributed by atoms with van der Waals surface area (Å²) in [5, 5.41) is 21.4. The molecule has 4 atom stereocenters. The molecule has 1 saturated heterocycles. The maximum atomic E-state index is 11.0. The Bertz CT molecular complexity index is 235. The van der Waals surface area contributed by atoms with Gasteiger partial charge in [0, 0.05) is 20.0 Å². The van der Waals surface area contributed by atoms with Crippen LogP contribution in [0.5, 0.6) is 0 Å². The number of amides is 1. The summed E-state index contributed by atoms with van der Waals surface area (Å²) in [6, 6.07) is -0.583. The monoisotopic (exact) mass is 233 g/mol. The Morgan fingerprint density at radius 1 is 1.62 bits per heavy atom. The first-order valence-corrected chi connectivity index (χ1v) is 5.41. The van der Waals surface area contributed by atoms with E-state index in [2.05, 4.69) is 5.32 Å². The molecule has 0 aromatic rings. The zero-order chi connectivity index (χ0) is 12.1. The van der Waals surface area contributed by atoms with E-state index in [1.807, 2.05) is 0 Å². The van der Waals surface area contributed by atoms with Crippen LogP contribution in [-0.2, 0) is 14.3 Å². The van der Waals surface area contributed by atoms with Crippen molar-refractivity contribution < 1.29 is 24.5 Å². The van der Waals surface area contributed by atoms with Crippen LogP contribution in [0.2, 0.25) is 0 Å². The number of carbonyl (C=O) groups excluding carboxylic acids is 1. The molecule has 0 radical (unpaired) electrons. The third kappa shape index (κ3) is 3.41. The van der Waals surface area contributed by atoms with Crippen molar-refractivity contribution in [1.29, 1.82) is 0 Å². The SMILES string of the molecule is CCO[C@@H]1OC(CO)CC(O)[C@@H]1NC(C)=O. The van der Waals surface area contributed by atoms with E-state index in [0.717, 1.165) is 0 Å². The first-order valence-electron chi connectivity index (χ1n) is 5.41. The third-order valence-electron chi connectivity index (χ3n) is 2.44. The van der Waals surface area contributed by atoms with Gasteiger partial charge in [-0.3, -0.25) is 4.79 Å². The molecule has 0 aliphatic carbocycles. The Balaban J connectivity index is 2.66. The van der Waals surface area contributed by atoms with Crippen LogP contribution >= 0.6 is 0 Å². The van der Waals surface area contributed by atoms with E-state index < -0.39 is 24.5 Å². The fourth-order valence-electron chi connectivity index (χ4n) is 1.75. The van der Waals surface area contributed by atoms with Crippen LogP contribution in [0.25, 0.3) is 0 Å². The smallest absolute Gasteiger partial charge is 0.217 e. The first-order chi connectivity index (χ1) is 7.58. The third-order valence-corrected chi connectivity index (χ3v) is 2.44. The molecule has 16 heavy (non-hydrogen) atoms. The molecule has 1 heterocycles. The van der Waals surface area contributed by atoms with Crippen LogP contribution in [0.15, 0.2) is 0 Å². The molecule has 0 aromatic carbocycles. The van der Waals surface area contributed by atoms with Crippen LogP contribution in [-0.4, -0.2) is 53.9 Å². The molecule has 3 N–H and O–H groups in total. The Kier molecular flexibility index (Phi) is 5.14. The van der Waals surface area contributed by atoms with Gasteiger partial charge >= 0.3 is 0 Å². The summed E-state index contributed by atoms with van der Waals surface area (Å²) in [7, 11) is 0. The van der Waals surface area contributed by atoms with Gasteiger partial charge in [-0.25, -0.2) is 0 Å². The molecule has 0 spiro atoms. The Morgan fingerprint density at radius 2 is 2.31 bits per heavy atom. The zero-order valence-corrected chi connectivity index (χ0v) is 9.55. The lowest BCUT2D eigenvalue weighted by molar-refractivity contribution is -0.235. The second-order valence-corrected chi connectivity index (χ2v) is 3.79. The number of aliphatic hydroxyl groups is 2. The average Bonchev–Trinajstić information content (AvgIpc) is 2.22. The van der Waals surface area contributed by atoms with Crippen molar-refractivity contribution >= 4 is 5.91 Å². The molecule has 1 fully saturated rings. The van der Waals surface area contributed by atoms with Gasteiger partial charge in [-0.15, -0.1) is 0 Å². The highest BCUT2D eigenvalue weighted by Crippen LogP contribution is 2.21. The minimum Gasteiger partial charge on any atom is -0.394 e. The summed E-state index contributed by atoms with van der Waals surface area (Å²) in [4.78, 5) is 11.0. The van der Waals surface area contributed by atoms with Gasteiger partial charge in [0.2, 0.25) is 5.91 Å². The predicted octanol–water partition coefficient (Wildman–Crippen LogP) is -1.00. The second-order valence-electron chi connectivity index (χ2n) is 3.79. The van der Waals surface area contributed by atoms with Crippen molar-refractivity contribution in [2.24, 2.45) is 0 Å². The predicted molar refractivity (Wildman–Crippen MR) is 55.6 cm³/mol. The molecule has 1 aliphatic rings. The van der Waals surface area contributed by atoms with E-state index in [0.29, 0.717) is 6.61 Å². The molecule has 6 nitrogen and oxygen atoms in total. The van der Waals surface area contributed by atoms with Crippen LogP contribution in [0.1, 0.15) is 20.3 Å². The van der Waals surface area contributed by atoms with Gasteiger partial charge < -0.3 is 25.0 Å². The molecule has 1 amide bonds. The van der Waals surface area contributed by atoms with Crippen LogP contribution < -0.4 is 5.32 Å². The van der Waals surface area contributed by atoms with Gasteiger partial charge in [-0.2, -0.15) is 0 Å². The maximum absolute atomic E-state index is 11.0. The van der Waals surface area contributed by atoms with Gasteiger partial charge in [-0.05, 0) is 6.92 Å². The van der Waals surface area contributed by atoms with Crippen molar-refractivity contribution in [1.82, 2.24) is 5.32 Å². The number of ether oxygens (including phenoxy) is 2. The molecular formula is C10H19NO5. The first kappa shape index (κ1) is 13.4. The van der Waals surface area contributed by atoms with Crippen LogP contribution in [0, 0.1) is 0 Å². The molecule has 1 aliphatic heterocycles. The van der Waals surface area contributed by atoms with Crippen molar-refractivity contribution in [2.45, 2.75) is 44.8 Å². The van der Waals surface area contributed by atoms with E-state index in [9.17, 15) is 9.90 Å². The summed E-state index contributed by atoms with van der Waals surface area (Å²) in [5.74, 6) is -0.250. The summed E-state index contributed by atoms with van der Waals surface area (Å²) in [6.45, 7) is 3.40. The van der Waals surface area contributed by atoms with Gasteiger partial charge in [0.05, 0.1) is 18.8 Å². The van der Waals surface area contributed by atoms with Gasteiger partial charge in [0.15, 0.2) is 6.29 Å². The van der Waals surface area contributed by atoms with Crippen LogP contribution in [0.4, 0.5) is 0 Å². The van der Waals surface area contributed by atoms with Crippen molar-refractivity contribution in [3.63, 3.8) is 0 Å². The quantitative estimate of drug-likeness (QED) is 0.579. The highest BCUT2D eigenvalue weighted by Gasteiger charge is 2.38. The number of aliphatic hydroxyl groups excluding tert-OH is 2. The van der Waals surface area contributed by atoms with Crippen LogP contribution in [0.3, 0.4) is 0 Å². The van der Waals surface area contributed by atoms with Gasteiger partial charge in [0.1, 0.15) is 6.04 Å². The van der Waals surface area contributed by atoms with E-state index in [-0.39, 0.29) is 18.9 Å². The number of carbonyl (C=O) groups is 1. The highest BCUT2D eigenvalue weighted by atomic mass is 16.7. The molecule has 1 rings (SSSR count). The summed E-state index contributed by atoms with van der Waals surface area (Å²) in [6.07, 6.45) is -1.65. The zero-order valence-electron chi connectivity index (χ0n) is 9.55.